The van der Waals surface area contributed by atoms with Gasteiger partial charge in [-0.25, -0.2) is 4.79 Å². The van der Waals surface area contributed by atoms with Crippen LogP contribution in [0.2, 0.25) is 0 Å². The number of rotatable bonds is 6. The standard InChI is InChI=1S/C21H21NO5/c1-13-16-9-8-15(25-2)10-19(16)27-21(24)17(13)11-20(23)22-12-14-6-4-5-7-18(14)26-3/h4-10H,11-12H2,1-3H3,(H,22,23). The number of nitrogens with one attached hydrogen (secondary N) is 1. The molecule has 2 aromatic carbocycles. The van der Waals surface area contributed by atoms with Crippen LogP contribution in [0.15, 0.2) is 51.7 Å². The van der Waals surface area contributed by atoms with Crippen molar-refractivity contribution in [3.63, 3.8) is 0 Å². The smallest absolute Gasteiger partial charge is 0.340 e. The molecule has 0 radical (unpaired) electrons. The minimum Gasteiger partial charge on any atom is -0.497 e. The largest absolute Gasteiger partial charge is 0.497 e. The van der Waals surface area contributed by atoms with Gasteiger partial charge >= 0.3 is 5.63 Å². The maximum absolute atomic E-state index is 12.4. The van der Waals surface area contributed by atoms with Crippen molar-refractivity contribution in [2.24, 2.45) is 0 Å². The highest BCUT2D eigenvalue weighted by Crippen LogP contribution is 2.24. The Labute approximate surface area is 156 Å². The molecule has 1 N–H and O–H groups in total. The average Bonchev–Trinajstić information content (AvgIpc) is 2.69. The summed E-state index contributed by atoms with van der Waals surface area (Å²) in [6, 6.07) is 12.7. The van der Waals surface area contributed by atoms with Crippen LogP contribution < -0.4 is 20.4 Å². The molecule has 140 valence electrons. The number of carbonyl (C=O) groups excluding carboxylic acids is 1. The first-order valence-electron chi connectivity index (χ1n) is 8.52. The Morgan fingerprint density at radius 1 is 1.11 bits per heavy atom. The lowest BCUT2D eigenvalue weighted by molar-refractivity contribution is -0.120. The number of benzene rings is 2. The third-order valence-corrected chi connectivity index (χ3v) is 4.50. The number of fused-ring (bicyclic) bond motifs is 1. The van der Waals surface area contributed by atoms with E-state index >= 15 is 0 Å². The molecule has 0 saturated carbocycles. The van der Waals surface area contributed by atoms with Crippen LogP contribution in [0.5, 0.6) is 11.5 Å². The second kappa shape index (κ2) is 7.95. The fourth-order valence-corrected chi connectivity index (χ4v) is 2.97. The Hall–Kier alpha value is -3.28. The number of hydrogen-bond donors (Lipinski definition) is 1. The fourth-order valence-electron chi connectivity index (χ4n) is 2.97. The normalized spacial score (nSPS) is 10.6. The number of ether oxygens (including phenoxy) is 2. The van der Waals surface area contributed by atoms with E-state index in [1.807, 2.05) is 37.3 Å². The van der Waals surface area contributed by atoms with Gasteiger partial charge in [-0.05, 0) is 30.7 Å². The lowest BCUT2D eigenvalue weighted by Gasteiger charge is -2.11. The minimum absolute atomic E-state index is 0.0503. The Balaban J connectivity index is 1.79. The third-order valence-electron chi connectivity index (χ3n) is 4.50. The zero-order valence-corrected chi connectivity index (χ0v) is 15.5. The summed E-state index contributed by atoms with van der Waals surface area (Å²) in [7, 11) is 3.13. The second-order valence-corrected chi connectivity index (χ2v) is 6.12. The Bertz CT molecular complexity index is 1040. The summed E-state index contributed by atoms with van der Waals surface area (Å²) < 4.78 is 15.8. The summed E-state index contributed by atoms with van der Waals surface area (Å²) in [6.45, 7) is 2.13. The predicted molar refractivity (Wildman–Crippen MR) is 102 cm³/mol. The fraction of sp³-hybridized carbons (Fsp3) is 0.238. The van der Waals surface area contributed by atoms with Crippen molar-refractivity contribution in [1.82, 2.24) is 5.32 Å². The third kappa shape index (κ3) is 3.95. The summed E-state index contributed by atoms with van der Waals surface area (Å²) in [5.41, 5.74) is 1.87. The van der Waals surface area contributed by atoms with Gasteiger partial charge in [0, 0.05) is 23.6 Å². The highest BCUT2D eigenvalue weighted by molar-refractivity contribution is 5.85. The molecule has 0 fully saturated rings. The Kier molecular flexibility index (Phi) is 5.45. The first kappa shape index (κ1) is 18.5. The van der Waals surface area contributed by atoms with E-state index in [1.54, 1.807) is 26.4 Å². The number of para-hydroxylation sites is 1. The van der Waals surface area contributed by atoms with Crippen molar-refractivity contribution in [2.75, 3.05) is 14.2 Å². The molecule has 0 spiro atoms. The van der Waals surface area contributed by atoms with Crippen molar-refractivity contribution in [1.29, 1.82) is 0 Å². The predicted octanol–water partition coefficient (Wildman–Crippen LogP) is 2.98. The molecule has 1 aromatic heterocycles. The molecule has 0 atom stereocenters. The number of amides is 1. The highest BCUT2D eigenvalue weighted by atomic mass is 16.5. The van der Waals surface area contributed by atoms with E-state index < -0.39 is 5.63 Å². The lowest BCUT2D eigenvalue weighted by Crippen LogP contribution is -2.27. The van der Waals surface area contributed by atoms with Crippen molar-refractivity contribution in [2.45, 2.75) is 19.9 Å². The number of hydrogen-bond acceptors (Lipinski definition) is 5. The molecule has 1 heterocycles. The molecule has 3 rings (SSSR count). The summed E-state index contributed by atoms with van der Waals surface area (Å²) in [4.78, 5) is 24.7. The van der Waals surface area contributed by atoms with E-state index in [-0.39, 0.29) is 12.3 Å². The van der Waals surface area contributed by atoms with E-state index in [0.717, 1.165) is 16.5 Å². The molecule has 0 aliphatic carbocycles. The van der Waals surface area contributed by atoms with Crippen LogP contribution in [0, 0.1) is 6.92 Å². The van der Waals surface area contributed by atoms with Crippen LogP contribution in [0.3, 0.4) is 0 Å². The molecule has 0 saturated heterocycles. The maximum atomic E-state index is 12.4. The van der Waals surface area contributed by atoms with E-state index in [1.165, 1.54) is 0 Å². The average molecular weight is 367 g/mol. The van der Waals surface area contributed by atoms with Crippen molar-refractivity contribution >= 4 is 16.9 Å². The van der Waals surface area contributed by atoms with Gasteiger partial charge in [0.15, 0.2) is 0 Å². The number of carbonyl (C=O) groups is 1. The number of methoxy groups -OCH3 is 2. The molecule has 0 aliphatic rings. The molecule has 27 heavy (non-hydrogen) atoms. The van der Waals surface area contributed by atoms with Crippen LogP contribution in [-0.4, -0.2) is 20.1 Å². The van der Waals surface area contributed by atoms with Crippen LogP contribution in [-0.2, 0) is 17.8 Å². The summed E-state index contributed by atoms with van der Waals surface area (Å²) in [6.07, 6.45) is -0.0503. The molecule has 1 amide bonds. The van der Waals surface area contributed by atoms with E-state index in [4.69, 9.17) is 13.9 Å². The SMILES string of the molecule is COc1ccc2c(C)c(CC(=O)NCc3ccccc3OC)c(=O)oc2c1. The van der Waals surface area contributed by atoms with Crippen molar-refractivity contribution in [3.05, 3.63) is 69.6 Å². The quantitative estimate of drug-likeness (QED) is 0.678. The number of aryl methyl sites for hydroxylation is 1. The van der Waals surface area contributed by atoms with Crippen LogP contribution >= 0.6 is 0 Å². The topological polar surface area (TPSA) is 77.8 Å². The van der Waals surface area contributed by atoms with Gasteiger partial charge in [0.2, 0.25) is 5.91 Å². The van der Waals surface area contributed by atoms with Crippen LogP contribution in [0.4, 0.5) is 0 Å². The van der Waals surface area contributed by atoms with Crippen LogP contribution in [0.25, 0.3) is 11.0 Å². The first-order chi connectivity index (χ1) is 13.0. The zero-order valence-electron chi connectivity index (χ0n) is 15.5. The van der Waals surface area contributed by atoms with Crippen LogP contribution in [0.1, 0.15) is 16.7 Å². The molecule has 0 bridgehead atoms. The van der Waals surface area contributed by atoms with Gasteiger partial charge in [-0.2, -0.15) is 0 Å². The van der Waals surface area contributed by atoms with Gasteiger partial charge in [0.25, 0.3) is 0 Å². The van der Waals surface area contributed by atoms with Gasteiger partial charge in [0.05, 0.1) is 26.2 Å². The summed E-state index contributed by atoms with van der Waals surface area (Å²) >= 11 is 0. The lowest BCUT2D eigenvalue weighted by atomic mass is 10.0. The zero-order chi connectivity index (χ0) is 19.4. The van der Waals surface area contributed by atoms with E-state index in [0.29, 0.717) is 29.2 Å². The van der Waals surface area contributed by atoms with Gasteiger partial charge in [0.1, 0.15) is 17.1 Å². The van der Waals surface area contributed by atoms with Gasteiger partial charge in [-0.1, -0.05) is 18.2 Å². The molecule has 6 heteroatoms. The van der Waals surface area contributed by atoms with Gasteiger partial charge < -0.3 is 19.2 Å². The van der Waals surface area contributed by atoms with E-state index in [2.05, 4.69) is 5.32 Å². The summed E-state index contributed by atoms with van der Waals surface area (Å²) in [5, 5.41) is 3.60. The maximum Gasteiger partial charge on any atom is 0.340 e. The van der Waals surface area contributed by atoms with E-state index in [9.17, 15) is 9.59 Å². The summed E-state index contributed by atoms with van der Waals surface area (Å²) in [5.74, 6) is 1.05. The molecule has 0 unspecified atom stereocenters. The molecular formula is C21H21NO5. The Morgan fingerprint density at radius 3 is 2.63 bits per heavy atom. The minimum atomic E-state index is -0.513. The molecule has 6 nitrogen and oxygen atoms in total. The van der Waals surface area contributed by atoms with Crippen molar-refractivity contribution < 1.29 is 18.7 Å². The molecule has 0 aliphatic heterocycles. The van der Waals surface area contributed by atoms with Gasteiger partial charge in [-0.15, -0.1) is 0 Å². The monoisotopic (exact) mass is 367 g/mol. The molecule has 3 aromatic rings. The highest BCUT2D eigenvalue weighted by Gasteiger charge is 2.15. The first-order valence-corrected chi connectivity index (χ1v) is 8.52. The second-order valence-electron chi connectivity index (χ2n) is 6.12. The molecular weight excluding hydrogens is 346 g/mol. The van der Waals surface area contributed by atoms with Gasteiger partial charge in [-0.3, -0.25) is 4.79 Å². The Morgan fingerprint density at radius 2 is 1.89 bits per heavy atom. The van der Waals surface area contributed by atoms with Crippen molar-refractivity contribution in [3.8, 4) is 11.5 Å².